The Morgan fingerprint density at radius 2 is 1.14 bits per heavy atom. The molecule has 0 bridgehead atoms. The first-order chi connectivity index (χ1) is 20.7. The van der Waals surface area contributed by atoms with Gasteiger partial charge < -0.3 is 9.47 Å². The molecule has 42 heavy (non-hydrogen) atoms. The lowest BCUT2D eigenvalue weighted by atomic mass is 10.00. The predicted molar refractivity (Wildman–Crippen MR) is 167 cm³/mol. The van der Waals surface area contributed by atoms with E-state index in [2.05, 4.69) is 24.3 Å². The topological polar surface area (TPSA) is 80.5 Å². The zero-order valence-electron chi connectivity index (χ0n) is 22.8. The van der Waals surface area contributed by atoms with Crippen LogP contribution in [0.4, 0.5) is 0 Å². The average molecular weight is 541 g/mol. The molecule has 0 amide bonds. The Hall–Kier alpha value is -5.98. The molecule has 1 atom stereocenters. The predicted octanol–water partition coefficient (Wildman–Crippen LogP) is 7.36. The zero-order chi connectivity index (χ0) is 28.6. The lowest BCUT2D eigenvalue weighted by Crippen LogP contribution is -2.35. The summed E-state index contributed by atoms with van der Waals surface area (Å²) in [6.07, 6.45) is -0.501. The molecule has 198 valence electrons. The van der Waals surface area contributed by atoms with E-state index < -0.39 is 6.17 Å². The third-order valence-electron chi connectivity index (χ3n) is 7.70. The van der Waals surface area contributed by atoms with Gasteiger partial charge in [-0.15, -0.1) is 0 Å². The number of hydrogen-bond donors (Lipinski definition) is 0. The molecule has 0 saturated carbocycles. The van der Waals surface area contributed by atoms with Gasteiger partial charge in [0.25, 0.3) is 0 Å². The highest BCUT2D eigenvalue weighted by atomic mass is 15.3. The maximum Gasteiger partial charge on any atom is 0.159 e. The minimum Gasteiger partial charge on any atom is -0.333 e. The summed E-state index contributed by atoms with van der Waals surface area (Å²) in [6.45, 7) is 0. The van der Waals surface area contributed by atoms with Gasteiger partial charge in [0, 0.05) is 28.9 Å². The summed E-state index contributed by atoms with van der Waals surface area (Å²) in [5.41, 5.74) is 5.86. The van der Waals surface area contributed by atoms with Crippen LogP contribution in [0.5, 0.6) is 0 Å². The Balaban J connectivity index is 1.45. The minimum absolute atomic E-state index is 0.407. The molecule has 0 saturated heterocycles. The van der Waals surface area contributed by atoms with Crippen LogP contribution >= 0.6 is 0 Å². The Morgan fingerprint density at radius 3 is 1.69 bits per heavy atom. The van der Waals surface area contributed by atoms with Gasteiger partial charge in [-0.1, -0.05) is 97.1 Å². The monoisotopic (exact) mass is 540 g/mol. The summed E-state index contributed by atoms with van der Waals surface area (Å²) in [5.74, 6) is 1.36. The van der Waals surface area contributed by atoms with Crippen LogP contribution in [-0.2, 0) is 0 Å². The standard InChI is InChI=1S/C36H24N6/c1-41-35(25-14-6-3-7-15-25)39-34(24-12-4-2-5-13-24)40-36(41)26-20-27(22-37)33(28(21-26)23-38)42-31-18-10-8-16-29(31)30-17-9-11-19-32(30)42/h2-21,36H,1H3. The zero-order valence-corrected chi connectivity index (χ0v) is 22.8. The number of aliphatic imine (C=N–C) groups is 2. The fourth-order valence-corrected chi connectivity index (χ4v) is 5.79. The molecule has 0 spiro atoms. The molecule has 7 rings (SSSR count). The van der Waals surface area contributed by atoms with Crippen molar-refractivity contribution in [2.75, 3.05) is 7.05 Å². The number of para-hydroxylation sites is 2. The van der Waals surface area contributed by atoms with Crippen LogP contribution in [-0.4, -0.2) is 28.2 Å². The Bertz CT molecular complexity index is 2040. The molecule has 6 nitrogen and oxygen atoms in total. The van der Waals surface area contributed by atoms with Gasteiger partial charge in [-0.05, 0) is 29.8 Å². The molecule has 6 heteroatoms. The summed E-state index contributed by atoms with van der Waals surface area (Å²) in [7, 11) is 1.95. The summed E-state index contributed by atoms with van der Waals surface area (Å²) >= 11 is 0. The molecule has 0 radical (unpaired) electrons. The quantitative estimate of drug-likeness (QED) is 0.234. The first-order valence-corrected chi connectivity index (χ1v) is 13.6. The van der Waals surface area contributed by atoms with Crippen molar-refractivity contribution in [1.82, 2.24) is 9.47 Å². The fourth-order valence-electron chi connectivity index (χ4n) is 5.79. The number of rotatable bonds is 4. The Kier molecular flexibility index (Phi) is 6.08. The van der Waals surface area contributed by atoms with E-state index in [-0.39, 0.29) is 0 Å². The molecule has 0 aliphatic carbocycles. The molecule has 0 fully saturated rings. The minimum atomic E-state index is -0.501. The lowest BCUT2D eigenvalue weighted by molar-refractivity contribution is 0.382. The van der Waals surface area contributed by atoms with Crippen LogP contribution in [0, 0.1) is 22.7 Å². The second-order valence-electron chi connectivity index (χ2n) is 10.2. The van der Waals surface area contributed by atoms with Crippen molar-refractivity contribution in [3.05, 3.63) is 149 Å². The van der Waals surface area contributed by atoms with E-state index in [9.17, 15) is 10.5 Å². The lowest BCUT2D eigenvalue weighted by Gasteiger charge is -2.33. The highest BCUT2D eigenvalue weighted by molar-refractivity contribution is 6.13. The van der Waals surface area contributed by atoms with Crippen LogP contribution in [0.1, 0.15) is 34.0 Å². The van der Waals surface area contributed by atoms with Crippen molar-refractivity contribution >= 4 is 33.5 Å². The van der Waals surface area contributed by atoms with Gasteiger partial charge in [0.05, 0.1) is 27.8 Å². The Morgan fingerprint density at radius 1 is 0.643 bits per heavy atom. The van der Waals surface area contributed by atoms with Gasteiger partial charge >= 0.3 is 0 Å². The first kappa shape index (κ1) is 25.0. The van der Waals surface area contributed by atoms with Gasteiger partial charge in [0.15, 0.2) is 12.0 Å². The number of aromatic nitrogens is 1. The second-order valence-corrected chi connectivity index (χ2v) is 10.2. The van der Waals surface area contributed by atoms with E-state index in [0.29, 0.717) is 22.6 Å². The van der Waals surface area contributed by atoms with Gasteiger partial charge in [0.2, 0.25) is 0 Å². The van der Waals surface area contributed by atoms with Crippen molar-refractivity contribution in [3.8, 4) is 17.8 Å². The average Bonchev–Trinajstić information content (AvgIpc) is 3.39. The van der Waals surface area contributed by atoms with E-state index in [1.165, 1.54) is 0 Å². The molecule has 1 aromatic heterocycles. The van der Waals surface area contributed by atoms with E-state index in [4.69, 9.17) is 9.98 Å². The number of nitriles is 2. The van der Waals surface area contributed by atoms with Gasteiger partial charge in [-0.2, -0.15) is 10.5 Å². The van der Waals surface area contributed by atoms with Crippen molar-refractivity contribution in [2.24, 2.45) is 9.98 Å². The first-order valence-electron chi connectivity index (χ1n) is 13.6. The summed E-state index contributed by atoms with van der Waals surface area (Å²) in [4.78, 5) is 12.0. The summed E-state index contributed by atoms with van der Waals surface area (Å²) in [6, 6.07) is 44.5. The highest BCUT2D eigenvalue weighted by Gasteiger charge is 2.29. The molecular formula is C36H24N6. The number of benzene rings is 5. The van der Waals surface area contributed by atoms with Crippen LogP contribution in [0.3, 0.4) is 0 Å². The largest absolute Gasteiger partial charge is 0.333 e. The van der Waals surface area contributed by atoms with Crippen LogP contribution in [0.15, 0.2) is 131 Å². The van der Waals surface area contributed by atoms with E-state index in [1.54, 1.807) is 0 Å². The number of amidine groups is 2. The van der Waals surface area contributed by atoms with Crippen molar-refractivity contribution < 1.29 is 0 Å². The normalized spacial score (nSPS) is 14.7. The smallest absolute Gasteiger partial charge is 0.159 e. The third kappa shape index (κ3) is 4.02. The maximum atomic E-state index is 10.5. The Labute approximate surface area is 243 Å². The second kappa shape index (κ2) is 10.2. The van der Waals surface area contributed by atoms with Crippen LogP contribution < -0.4 is 0 Å². The van der Waals surface area contributed by atoms with Crippen molar-refractivity contribution in [2.45, 2.75) is 6.17 Å². The maximum absolute atomic E-state index is 10.5. The van der Waals surface area contributed by atoms with Gasteiger partial charge in [-0.25, -0.2) is 9.98 Å². The molecule has 1 unspecified atom stereocenters. The number of hydrogen-bond acceptors (Lipinski definition) is 5. The molecule has 1 aliphatic rings. The summed E-state index contributed by atoms with van der Waals surface area (Å²) in [5, 5.41) is 23.1. The third-order valence-corrected chi connectivity index (χ3v) is 7.70. The molecule has 5 aromatic carbocycles. The fraction of sp³-hybridized carbons (Fsp3) is 0.0556. The molecule has 1 aliphatic heterocycles. The van der Waals surface area contributed by atoms with Crippen LogP contribution in [0.25, 0.3) is 27.5 Å². The molecule has 6 aromatic rings. The molecule has 2 heterocycles. The molecule has 0 N–H and O–H groups in total. The number of nitrogens with zero attached hydrogens (tertiary/aromatic N) is 6. The van der Waals surface area contributed by atoms with E-state index >= 15 is 0 Å². The highest BCUT2D eigenvalue weighted by Crippen LogP contribution is 2.37. The van der Waals surface area contributed by atoms with E-state index in [0.717, 1.165) is 44.3 Å². The van der Waals surface area contributed by atoms with Gasteiger partial charge in [-0.3, -0.25) is 0 Å². The summed E-state index contributed by atoms with van der Waals surface area (Å²) < 4.78 is 2.03. The van der Waals surface area contributed by atoms with Crippen molar-refractivity contribution in [3.63, 3.8) is 0 Å². The van der Waals surface area contributed by atoms with Crippen LogP contribution in [0.2, 0.25) is 0 Å². The van der Waals surface area contributed by atoms with Crippen molar-refractivity contribution in [1.29, 1.82) is 10.5 Å². The number of fused-ring (bicyclic) bond motifs is 3. The SMILES string of the molecule is CN1C(c2ccccc2)=NC(c2ccccc2)=NC1c1cc(C#N)c(-n2c3ccccc3c3ccccc32)c(C#N)c1. The van der Waals surface area contributed by atoms with E-state index in [1.807, 2.05) is 126 Å². The van der Waals surface area contributed by atoms with Gasteiger partial charge in [0.1, 0.15) is 18.0 Å². The molecular weight excluding hydrogens is 516 g/mol.